The number of hydrogen-bond acceptors (Lipinski definition) is 3. The molecule has 1 N–H and O–H groups in total. The fraction of sp³-hybridized carbons (Fsp3) is 0.467. The molecular formula is C15H19ClN2O2. The summed E-state index contributed by atoms with van der Waals surface area (Å²) in [6, 6.07) is 3.85. The molecule has 0 fully saturated rings. The van der Waals surface area contributed by atoms with E-state index in [0.29, 0.717) is 10.7 Å². The number of benzene rings is 1. The lowest BCUT2D eigenvalue weighted by molar-refractivity contribution is -0.121. The smallest absolute Gasteiger partial charge is 0.164 e. The summed E-state index contributed by atoms with van der Waals surface area (Å²) < 4.78 is 1.77. The van der Waals surface area contributed by atoms with Gasteiger partial charge in [0.1, 0.15) is 6.61 Å². The van der Waals surface area contributed by atoms with Crippen LogP contribution in [0.25, 0.3) is 10.9 Å². The van der Waals surface area contributed by atoms with Crippen molar-refractivity contribution in [3.05, 3.63) is 28.4 Å². The molecule has 0 aliphatic rings. The highest BCUT2D eigenvalue weighted by Gasteiger charge is 2.23. The van der Waals surface area contributed by atoms with E-state index in [4.69, 9.17) is 16.7 Å². The van der Waals surface area contributed by atoms with Crippen LogP contribution >= 0.6 is 11.6 Å². The number of Topliss-reactive ketones (excluding diaryl/α,β-unsaturated/α-hetero) is 1. The molecule has 0 unspecified atom stereocenters. The van der Waals surface area contributed by atoms with Gasteiger partial charge in [-0.15, -0.1) is 0 Å². The second-order valence-corrected chi connectivity index (χ2v) is 6.42. The number of nitrogens with zero attached hydrogens (tertiary/aromatic N) is 2. The van der Waals surface area contributed by atoms with Crippen molar-refractivity contribution in [3.8, 4) is 0 Å². The summed E-state index contributed by atoms with van der Waals surface area (Å²) >= 11 is 6.30. The summed E-state index contributed by atoms with van der Waals surface area (Å²) in [4.78, 5) is 11.5. The SMILES string of the molecule is Cn1nc(CC(=O)CO)c2c(Cl)ccc(C(C)(C)C)c21. The minimum atomic E-state index is -0.478. The van der Waals surface area contributed by atoms with Gasteiger partial charge in [0.05, 0.1) is 22.7 Å². The van der Waals surface area contributed by atoms with Crippen molar-refractivity contribution >= 4 is 28.3 Å². The van der Waals surface area contributed by atoms with Gasteiger partial charge in [-0.05, 0) is 17.0 Å². The Labute approximate surface area is 123 Å². The molecule has 0 saturated heterocycles. The van der Waals surface area contributed by atoms with Gasteiger partial charge in [-0.25, -0.2) is 0 Å². The average molecular weight is 295 g/mol. The summed E-state index contributed by atoms with van der Waals surface area (Å²) in [5.41, 5.74) is 2.66. The summed E-state index contributed by atoms with van der Waals surface area (Å²) in [5, 5.41) is 14.7. The largest absolute Gasteiger partial charge is 0.389 e. The molecular weight excluding hydrogens is 276 g/mol. The zero-order chi connectivity index (χ0) is 15.1. The number of rotatable bonds is 3. The first-order valence-corrected chi connectivity index (χ1v) is 6.90. The van der Waals surface area contributed by atoms with Gasteiger partial charge in [0.2, 0.25) is 0 Å². The van der Waals surface area contributed by atoms with Crippen molar-refractivity contribution in [2.24, 2.45) is 7.05 Å². The highest BCUT2D eigenvalue weighted by molar-refractivity contribution is 6.35. The van der Waals surface area contributed by atoms with Crippen LogP contribution in [0, 0.1) is 0 Å². The number of fused-ring (bicyclic) bond motifs is 1. The standard InChI is InChI=1S/C15H19ClN2O2/c1-15(2,3)10-5-6-11(16)13-12(7-9(20)8-19)17-18(4)14(10)13/h5-6,19H,7-8H2,1-4H3. The van der Waals surface area contributed by atoms with Crippen LogP contribution in [0.5, 0.6) is 0 Å². The quantitative estimate of drug-likeness (QED) is 0.947. The third-order valence-electron chi connectivity index (χ3n) is 3.36. The lowest BCUT2D eigenvalue weighted by Gasteiger charge is -2.21. The maximum absolute atomic E-state index is 11.5. The number of aryl methyl sites for hydroxylation is 1. The Hall–Kier alpha value is -1.39. The van der Waals surface area contributed by atoms with Crippen LogP contribution in [-0.2, 0) is 23.7 Å². The van der Waals surface area contributed by atoms with Gasteiger partial charge in [0.15, 0.2) is 5.78 Å². The predicted molar refractivity (Wildman–Crippen MR) is 80.2 cm³/mol. The molecule has 2 rings (SSSR count). The molecule has 0 aliphatic heterocycles. The molecule has 0 saturated carbocycles. The van der Waals surface area contributed by atoms with Gasteiger partial charge < -0.3 is 5.11 Å². The van der Waals surface area contributed by atoms with Crippen molar-refractivity contribution < 1.29 is 9.90 Å². The maximum Gasteiger partial charge on any atom is 0.164 e. The van der Waals surface area contributed by atoms with Crippen molar-refractivity contribution in [1.29, 1.82) is 0 Å². The lowest BCUT2D eigenvalue weighted by atomic mass is 9.85. The molecule has 0 atom stereocenters. The molecule has 0 bridgehead atoms. The lowest BCUT2D eigenvalue weighted by Crippen LogP contribution is -2.13. The Kier molecular flexibility index (Phi) is 3.89. The molecule has 1 heterocycles. The number of carbonyl (C=O) groups excluding carboxylic acids is 1. The van der Waals surface area contributed by atoms with Crippen LogP contribution in [0.3, 0.4) is 0 Å². The fourth-order valence-electron chi connectivity index (χ4n) is 2.43. The third kappa shape index (κ3) is 2.58. The molecule has 0 spiro atoms. The molecule has 108 valence electrons. The molecule has 1 aromatic heterocycles. The van der Waals surface area contributed by atoms with Crippen LogP contribution in [0.1, 0.15) is 32.0 Å². The zero-order valence-electron chi connectivity index (χ0n) is 12.2. The number of ketones is 1. The number of aliphatic hydroxyl groups excluding tert-OH is 1. The Morgan fingerprint density at radius 3 is 2.60 bits per heavy atom. The molecule has 0 aliphatic carbocycles. The van der Waals surface area contributed by atoms with Gasteiger partial charge in [0, 0.05) is 12.4 Å². The molecule has 0 radical (unpaired) electrons. The first-order chi connectivity index (χ1) is 9.25. The summed E-state index contributed by atoms with van der Waals surface area (Å²) in [6.45, 7) is 5.90. The van der Waals surface area contributed by atoms with Crippen LogP contribution in [0.2, 0.25) is 5.02 Å². The summed E-state index contributed by atoms with van der Waals surface area (Å²) in [6.07, 6.45) is 0.0984. The molecule has 20 heavy (non-hydrogen) atoms. The monoisotopic (exact) mass is 294 g/mol. The number of carbonyl (C=O) groups is 1. The van der Waals surface area contributed by atoms with Gasteiger partial charge in [-0.2, -0.15) is 5.10 Å². The second kappa shape index (κ2) is 5.19. The summed E-state index contributed by atoms with van der Waals surface area (Å²) in [5.74, 6) is -0.262. The zero-order valence-corrected chi connectivity index (χ0v) is 13.0. The van der Waals surface area contributed by atoms with Crippen LogP contribution in [0.15, 0.2) is 12.1 Å². The second-order valence-electron chi connectivity index (χ2n) is 6.01. The number of hydrogen-bond donors (Lipinski definition) is 1. The predicted octanol–water partition coefficient (Wildman–Crippen LogP) is 2.63. The normalized spacial score (nSPS) is 12.1. The average Bonchev–Trinajstić information content (AvgIpc) is 2.66. The number of aliphatic hydroxyl groups is 1. The van der Waals surface area contributed by atoms with Gasteiger partial charge in [0.25, 0.3) is 0 Å². The molecule has 2 aromatic rings. The number of aromatic nitrogens is 2. The molecule has 0 amide bonds. The number of halogens is 1. The Morgan fingerprint density at radius 1 is 1.40 bits per heavy atom. The minimum Gasteiger partial charge on any atom is -0.389 e. The van der Waals surface area contributed by atoms with E-state index in [1.807, 2.05) is 19.2 Å². The van der Waals surface area contributed by atoms with Crippen LogP contribution < -0.4 is 0 Å². The van der Waals surface area contributed by atoms with E-state index in [1.165, 1.54) is 0 Å². The molecule has 1 aromatic carbocycles. The van der Waals surface area contributed by atoms with Crippen molar-refractivity contribution in [2.75, 3.05) is 6.61 Å². The highest BCUT2D eigenvalue weighted by atomic mass is 35.5. The van der Waals surface area contributed by atoms with Crippen molar-refractivity contribution in [3.63, 3.8) is 0 Å². The Balaban J connectivity index is 2.73. The fourth-order valence-corrected chi connectivity index (χ4v) is 2.69. The van der Waals surface area contributed by atoms with E-state index in [1.54, 1.807) is 4.68 Å². The van der Waals surface area contributed by atoms with E-state index in [0.717, 1.165) is 16.5 Å². The molecule has 4 nitrogen and oxygen atoms in total. The van der Waals surface area contributed by atoms with E-state index >= 15 is 0 Å². The maximum atomic E-state index is 11.5. The highest BCUT2D eigenvalue weighted by Crippen LogP contribution is 2.35. The topological polar surface area (TPSA) is 55.1 Å². The summed E-state index contributed by atoms with van der Waals surface area (Å²) in [7, 11) is 1.85. The van der Waals surface area contributed by atoms with Crippen LogP contribution in [0.4, 0.5) is 0 Å². The van der Waals surface area contributed by atoms with Gasteiger partial charge >= 0.3 is 0 Å². The van der Waals surface area contributed by atoms with Crippen LogP contribution in [-0.4, -0.2) is 27.3 Å². The minimum absolute atomic E-state index is 0.0467. The van der Waals surface area contributed by atoms with Crippen molar-refractivity contribution in [1.82, 2.24) is 9.78 Å². The van der Waals surface area contributed by atoms with E-state index in [9.17, 15) is 4.79 Å². The first kappa shape index (κ1) is 15.0. The Morgan fingerprint density at radius 2 is 2.05 bits per heavy atom. The van der Waals surface area contributed by atoms with Gasteiger partial charge in [-0.3, -0.25) is 9.48 Å². The van der Waals surface area contributed by atoms with E-state index in [-0.39, 0.29) is 17.6 Å². The third-order valence-corrected chi connectivity index (χ3v) is 3.67. The van der Waals surface area contributed by atoms with Gasteiger partial charge in [-0.1, -0.05) is 38.4 Å². The van der Waals surface area contributed by atoms with Crippen molar-refractivity contribution in [2.45, 2.75) is 32.6 Å². The van der Waals surface area contributed by atoms with E-state index < -0.39 is 6.61 Å². The molecule has 5 heteroatoms. The Bertz CT molecular complexity index is 669. The first-order valence-electron chi connectivity index (χ1n) is 6.53. The van der Waals surface area contributed by atoms with E-state index in [2.05, 4.69) is 25.9 Å².